The van der Waals surface area contributed by atoms with Gasteiger partial charge in [-0.05, 0) is 55.7 Å². The highest BCUT2D eigenvalue weighted by atomic mass is 32.1. The molecule has 1 N–H and O–H groups in total. The number of carbonyl (C=O) groups is 2. The summed E-state index contributed by atoms with van der Waals surface area (Å²) in [6.45, 7) is 6.32. The van der Waals surface area contributed by atoms with Crippen molar-refractivity contribution >= 4 is 28.2 Å². The quantitative estimate of drug-likeness (QED) is 0.491. The van der Waals surface area contributed by atoms with Crippen molar-refractivity contribution in [2.24, 2.45) is 0 Å². The van der Waals surface area contributed by atoms with Gasteiger partial charge in [0.1, 0.15) is 10.8 Å². The Morgan fingerprint density at radius 1 is 1.09 bits per heavy atom. The number of fused-ring (bicyclic) bond motifs is 1. The summed E-state index contributed by atoms with van der Waals surface area (Å²) in [5.74, 6) is 0.0258. The maximum atomic E-state index is 12.9. The van der Waals surface area contributed by atoms with Crippen LogP contribution in [-0.4, -0.2) is 36.5 Å². The molecule has 0 atom stereocenters. The molecule has 172 valence electrons. The van der Waals surface area contributed by atoms with E-state index < -0.39 is 5.97 Å². The van der Waals surface area contributed by atoms with Crippen LogP contribution in [0.1, 0.15) is 50.6 Å². The Bertz CT molecular complexity index is 1120. The highest BCUT2D eigenvalue weighted by molar-refractivity contribution is 7.17. The second kappa shape index (κ2) is 10.2. The van der Waals surface area contributed by atoms with Crippen LogP contribution < -0.4 is 10.1 Å². The molecule has 33 heavy (non-hydrogen) atoms. The number of nitrogens with zero attached hydrogens (tertiary/aromatic N) is 1. The van der Waals surface area contributed by atoms with E-state index in [0.29, 0.717) is 21.9 Å². The van der Waals surface area contributed by atoms with Gasteiger partial charge in [-0.15, -0.1) is 11.3 Å². The van der Waals surface area contributed by atoms with Gasteiger partial charge in [0.15, 0.2) is 0 Å². The number of benzene rings is 2. The Labute approximate surface area is 198 Å². The maximum absolute atomic E-state index is 12.9. The Kier molecular flexibility index (Phi) is 7.11. The number of hydrogen-bond acceptors (Lipinski definition) is 6. The molecule has 0 bridgehead atoms. The standard InChI is InChI=1S/C26H28N2O4S/c1-17(2)32-20-11-9-19(10-12-20)24(29)27-25-23(26(30)31-3)21-13-14-28(16-22(21)33-25)15-18-7-5-4-6-8-18/h4-12,17H,13-16H2,1-3H3,(H,27,29). The van der Waals surface area contributed by atoms with Gasteiger partial charge in [-0.2, -0.15) is 0 Å². The topological polar surface area (TPSA) is 67.9 Å². The van der Waals surface area contributed by atoms with Crippen molar-refractivity contribution in [3.05, 3.63) is 81.7 Å². The lowest BCUT2D eigenvalue weighted by Crippen LogP contribution is -2.29. The molecule has 0 saturated heterocycles. The summed E-state index contributed by atoms with van der Waals surface area (Å²) in [6, 6.07) is 17.3. The van der Waals surface area contributed by atoms with E-state index in [2.05, 4.69) is 22.3 Å². The lowest BCUT2D eigenvalue weighted by atomic mass is 10.0. The molecule has 0 radical (unpaired) electrons. The molecule has 1 aromatic heterocycles. The summed E-state index contributed by atoms with van der Waals surface area (Å²) < 4.78 is 10.7. The van der Waals surface area contributed by atoms with Crippen LogP contribution in [0, 0.1) is 0 Å². The zero-order chi connectivity index (χ0) is 23.4. The molecule has 2 heterocycles. The maximum Gasteiger partial charge on any atom is 0.341 e. The second-order valence-corrected chi connectivity index (χ2v) is 9.40. The van der Waals surface area contributed by atoms with Crippen molar-refractivity contribution in [3.63, 3.8) is 0 Å². The predicted octanol–water partition coefficient (Wildman–Crippen LogP) is 5.13. The summed E-state index contributed by atoms with van der Waals surface area (Å²) in [5, 5.41) is 3.49. The summed E-state index contributed by atoms with van der Waals surface area (Å²) >= 11 is 1.46. The molecule has 0 aliphatic carbocycles. The molecule has 4 rings (SSSR count). The Morgan fingerprint density at radius 2 is 1.82 bits per heavy atom. The fraction of sp³-hybridized carbons (Fsp3) is 0.308. The minimum absolute atomic E-state index is 0.0613. The van der Waals surface area contributed by atoms with Crippen molar-refractivity contribution in [2.45, 2.75) is 39.5 Å². The molecule has 3 aromatic rings. The summed E-state index contributed by atoms with van der Waals surface area (Å²) in [6.07, 6.45) is 0.798. The zero-order valence-corrected chi connectivity index (χ0v) is 19.9. The predicted molar refractivity (Wildman–Crippen MR) is 130 cm³/mol. The van der Waals surface area contributed by atoms with Crippen molar-refractivity contribution in [1.82, 2.24) is 4.90 Å². The number of amides is 1. The first-order valence-corrected chi connectivity index (χ1v) is 11.8. The fourth-order valence-corrected chi connectivity index (χ4v) is 5.24. The molecular weight excluding hydrogens is 436 g/mol. The van der Waals surface area contributed by atoms with E-state index in [1.807, 2.05) is 32.0 Å². The molecule has 0 unspecified atom stereocenters. The lowest BCUT2D eigenvalue weighted by molar-refractivity contribution is 0.0600. The first kappa shape index (κ1) is 23.0. The van der Waals surface area contributed by atoms with E-state index in [0.717, 1.165) is 36.5 Å². The third-order valence-corrected chi connectivity index (χ3v) is 6.62. The van der Waals surface area contributed by atoms with Crippen LogP contribution in [0.15, 0.2) is 54.6 Å². The first-order chi connectivity index (χ1) is 15.9. The van der Waals surface area contributed by atoms with E-state index in [1.165, 1.54) is 24.0 Å². The average molecular weight is 465 g/mol. The summed E-state index contributed by atoms with van der Waals surface area (Å²) in [7, 11) is 1.37. The normalized spacial score (nSPS) is 13.5. The summed E-state index contributed by atoms with van der Waals surface area (Å²) in [4.78, 5) is 29.0. The van der Waals surface area contributed by atoms with Gasteiger partial charge in [0.2, 0.25) is 0 Å². The van der Waals surface area contributed by atoms with Gasteiger partial charge in [-0.1, -0.05) is 30.3 Å². The lowest BCUT2D eigenvalue weighted by Gasteiger charge is -2.27. The van der Waals surface area contributed by atoms with Crippen LogP contribution in [0.25, 0.3) is 0 Å². The van der Waals surface area contributed by atoms with Gasteiger partial charge in [0.25, 0.3) is 5.91 Å². The minimum Gasteiger partial charge on any atom is -0.491 e. The molecule has 1 aliphatic heterocycles. The molecule has 0 saturated carbocycles. The largest absolute Gasteiger partial charge is 0.491 e. The number of thiophene rings is 1. The molecule has 0 fully saturated rings. The Hall–Kier alpha value is -3.16. The fourth-order valence-electron chi connectivity index (χ4n) is 3.97. The molecule has 0 spiro atoms. The van der Waals surface area contributed by atoms with Crippen molar-refractivity contribution in [1.29, 1.82) is 0 Å². The van der Waals surface area contributed by atoms with Gasteiger partial charge >= 0.3 is 5.97 Å². The van der Waals surface area contributed by atoms with E-state index >= 15 is 0 Å². The Morgan fingerprint density at radius 3 is 2.48 bits per heavy atom. The van der Waals surface area contributed by atoms with Crippen LogP contribution >= 0.6 is 11.3 Å². The Balaban J connectivity index is 1.53. The van der Waals surface area contributed by atoms with Crippen LogP contribution in [0.2, 0.25) is 0 Å². The zero-order valence-electron chi connectivity index (χ0n) is 19.1. The highest BCUT2D eigenvalue weighted by Gasteiger charge is 2.29. The van der Waals surface area contributed by atoms with E-state index in [4.69, 9.17) is 9.47 Å². The second-order valence-electron chi connectivity index (χ2n) is 8.29. The molecule has 1 aliphatic rings. The number of methoxy groups -OCH3 is 1. The highest BCUT2D eigenvalue weighted by Crippen LogP contribution is 2.38. The van der Waals surface area contributed by atoms with E-state index in [-0.39, 0.29) is 12.0 Å². The van der Waals surface area contributed by atoms with Gasteiger partial charge in [0, 0.05) is 30.1 Å². The van der Waals surface area contributed by atoms with Crippen molar-refractivity contribution < 1.29 is 19.1 Å². The minimum atomic E-state index is -0.417. The summed E-state index contributed by atoms with van der Waals surface area (Å²) in [5.41, 5.74) is 3.21. The van der Waals surface area contributed by atoms with Gasteiger partial charge in [-0.3, -0.25) is 9.69 Å². The average Bonchev–Trinajstić information content (AvgIpc) is 3.16. The third-order valence-electron chi connectivity index (χ3n) is 5.49. The molecule has 2 aromatic carbocycles. The van der Waals surface area contributed by atoms with Crippen LogP contribution in [-0.2, 0) is 24.2 Å². The molecule has 7 heteroatoms. The van der Waals surface area contributed by atoms with Gasteiger partial charge in [-0.25, -0.2) is 4.79 Å². The van der Waals surface area contributed by atoms with Crippen molar-refractivity contribution in [3.8, 4) is 5.75 Å². The van der Waals surface area contributed by atoms with Crippen molar-refractivity contribution in [2.75, 3.05) is 19.0 Å². The van der Waals surface area contributed by atoms with Crippen LogP contribution in [0.5, 0.6) is 5.75 Å². The number of rotatable bonds is 7. The number of hydrogen-bond donors (Lipinski definition) is 1. The molecule has 6 nitrogen and oxygen atoms in total. The molecular formula is C26H28N2O4S. The van der Waals surface area contributed by atoms with Gasteiger partial charge in [0.05, 0.1) is 18.8 Å². The monoisotopic (exact) mass is 464 g/mol. The first-order valence-electron chi connectivity index (χ1n) is 11.0. The SMILES string of the molecule is COC(=O)c1c(NC(=O)c2ccc(OC(C)C)cc2)sc2c1CCN(Cc1ccccc1)C2. The number of carbonyl (C=O) groups excluding carboxylic acids is 2. The third kappa shape index (κ3) is 5.43. The molecule has 1 amide bonds. The smallest absolute Gasteiger partial charge is 0.341 e. The van der Waals surface area contributed by atoms with Crippen LogP contribution in [0.4, 0.5) is 5.00 Å². The van der Waals surface area contributed by atoms with E-state index in [9.17, 15) is 9.59 Å². The number of nitrogens with one attached hydrogen (secondary N) is 1. The van der Waals surface area contributed by atoms with E-state index in [1.54, 1.807) is 24.3 Å². The number of esters is 1. The number of ether oxygens (including phenoxy) is 2. The number of anilines is 1. The van der Waals surface area contributed by atoms with Crippen LogP contribution in [0.3, 0.4) is 0 Å². The van der Waals surface area contributed by atoms with Gasteiger partial charge < -0.3 is 14.8 Å².